The zero-order chi connectivity index (χ0) is 19.4. The molecule has 2 aromatic rings. The first-order chi connectivity index (χ1) is 12.9. The number of aryl methyl sites for hydroxylation is 1. The molecule has 1 aromatic heterocycles. The molecule has 1 atom stereocenters. The van der Waals surface area contributed by atoms with Crippen LogP contribution >= 0.6 is 0 Å². The largest absolute Gasteiger partial charge is 0.419 e. The van der Waals surface area contributed by atoms with Crippen molar-refractivity contribution in [2.24, 2.45) is 18.7 Å². The molecule has 0 saturated carbocycles. The van der Waals surface area contributed by atoms with E-state index in [1.807, 2.05) is 0 Å². The van der Waals surface area contributed by atoms with Crippen molar-refractivity contribution in [3.63, 3.8) is 0 Å². The topological polar surface area (TPSA) is 123 Å². The predicted molar refractivity (Wildman–Crippen MR) is 101 cm³/mol. The van der Waals surface area contributed by atoms with Crippen molar-refractivity contribution >= 4 is 28.7 Å². The Bertz CT molecular complexity index is 887. The number of nitrogens with one attached hydrogen (secondary N) is 2. The molecular weight excluding hydrogens is 350 g/mol. The number of amides is 3. The Labute approximate surface area is 156 Å². The zero-order valence-electron chi connectivity index (χ0n) is 15.4. The van der Waals surface area contributed by atoms with E-state index in [4.69, 9.17) is 10.2 Å². The maximum atomic E-state index is 12.0. The van der Waals surface area contributed by atoms with Gasteiger partial charge in [0.2, 0.25) is 5.91 Å². The minimum Gasteiger partial charge on any atom is -0.408 e. The Hall–Kier alpha value is -2.81. The summed E-state index contributed by atoms with van der Waals surface area (Å²) >= 11 is 0. The summed E-state index contributed by atoms with van der Waals surface area (Å²) in [4.78, 5) is 37.0. The van der Waals surface area contributed by atoms with Crippen molar-refractivity contribution in [2.45, 2.75) is 19.3 Å². The summed E-state index contributed by atoms with van der Waals surface area (Å²) in [5.74, 6) is -0.741. The molecule has 2 heterocycles. The molecule has 1 fully saturated rings. The molecule has 0 unspecified atom stereocenters. The highest BCUT2D eigenvalue weighted by atomic mass is 16.4. The molecule has 1 aliphatic heterocycles. The molecule has 27 heavy (non-hydrogen) atoms. The SMILES string of the molecule is Cn1c(=O)oc2cc(NC(=O)NCCCN3CCC[C@@H](C(N)=O)C3)ccc21. The maximum absolute atomic E-state index is 12.0. The van der Waals surface area contributed by atoms with Crippen molar-refractivity contribution in [3.8, 4) is 0 Å². The molecule has 9 nitrogen and oxygen atoms in total. The fourth-order valence-electron chi connectivity index (χ4n) is 3.38. The van der Waals surface area contributed by atoms with Crippen LogP contribution in [0, 0.1) is 5.92 Å². The van der Waals surface area contributed by atoms with Crippen LogP contribution in [0.3, 0.4) is 0 Å². The van der Waals surface area contributed by atoms with Crippen LogP contribution in [0.15, 0.2) is 27.4 Å². The predicted octanol–water partition coefficient (Wildman–Crippen LogP) is 0.840. The number of carbonyl (C=O) groups excluding carboxylic acids is 2. The number of primary amides is 1. The third-order valence-electron chi connectivity index (χ3n) is 4.89. The molecule has 4 N–H and O–H groups in total. The highest BCUT2D eigenvalue weighted by Gasteiger charge is 2.23. The molecule has 3 amide bonds. The van der Waals surface area contributed by atoms with Gasteiger partial charge in [-0.25, -0.2) is 9.59 Å². The first-order valence-electron chi connectivity index (χ1n) is 9.10. The number of aromatic nitrogens is 1. The van der Waals surface area contributed by atoms with Crippen LogP contribution in [0.5, 0.6) is 0 Å². The number of rotatable bonds is 6. The second kappa shape index (κ2) is 8.26. The lowest BCUT2D eigenvalue weighted by Crippen LogP contribution is -2.42. The lowest BCUT2D eigenvalue weighted by atomic mass is 9.97. The Morgan fingerprint density at radius 2 is 2.19 bits per heavy atom. The first-order valence-corrected chi connectivity index (χ1v) is 9.10. The molecule has 0 bridgehead atoms. The normalized spacial score (nSPS) is 17.7. The highest BCUT2D eigenvalue weighted by molar-refractivity contribution is 5.91. The Kier molecular flexibility index (Phi) is 5.80. The molecular formula is C18H25N5O4. The van der Waals surface area contributed by atoms with E-state index < -0.39 is 5.76 Å². The Morgan fingerprint density at radius 3 is 2.96 bits per heavy atom. The number of nitrogens with zero attached hydrogens (tertiary/aromatic N) is 2. The smallest absolute Gasteiger partial charge is 0.408 e. The van der Waals surface area contributed by atoms with Gasteiger partial charge in [-0.1, -0.05) is 0 Å². The number of benzene rings is 1. The molecule has 3 rings (SSSR count). The quantitative estimate of drug-likeness (QED) is 0.646. The van der Waals surface area contributed by atoms with Crippen molar-refractivity contribution in [2.75, 3.05) is 31.5 Å². The van der Waals surface area contributed by atoms with Gasteiger partial charge in [0, 0.05) is 31.9 Å². The van der Waals surface area contributed by atoms with E-state index in [0.717, 1.165) is 32.4 Å². The van der Waals surface area contributed by atoms with Gasteiger partial charge < -0.3 is 25.7 Å². The van der Waals surface area contributed by atoms with Crippen molar-refractivity contribution in [1.29, 1.82) is 0 Å². The van der Waals surface area contributed by atoms with Gasteiger partial charge in [-0.2, -0.15) is 0 Å². The van der Waals surface area contributed by atoms with Crippen LogP contribution in [-0.4, -0.2) is 47.6 Å². The number of hydrogen-bond donors (Lipinski definition) is 3. The van der Waals surface area contributed by atoms with E-state index in [0.29, 0.717) is 29.9 Å². The van der Waals surface area contributed by atoms with Gasteiger partial charge in [-0.15, -0.1) is 0 Å². The molecule has 1 saturated heterocycles. The number of hydrogen-bond acceptors (Lipinski definition) is 5. The van der Waals surface area contributed by atoms with Gasteiger partial charge in [0.05, 0.1) is 11.4 Å². The van der Waals surface area contributed by atoms with Crippen LogP contribution in [0.4, 0.5) is 10.5 Å². The van der Waals surface area contributed by atoms with Gasteiger partial charge in [0.25, 0.3) is 0 Å². The number of likely N-dealkylation sites (tertiary alicyclic amines) is 1. The van der Waals surface area contributed by atoms with E-state index in [-0.39, 0.29) is 17.9 Å². The molecule has 146 valence electrons. The van der Waals surface area contributed by atoms with E-state index in [2.05, 4.69) is 15.5 Å². The summed E-state index contributed by atoms with van der Waals surface area (Å²) in [6.45, 7) is 2.99. The van der Waals surface area contributed by atoms with E-state index in [9.17, 15) is 14.4 Å². The number of oxazole rings is 1. The molecule has 9 heteroatoms. The second-order valence-electron chi connectivity index (χ2n) is 6.89. The molecule has 0 aliphatic carbocycles. The first kappa shape index (κ1) is 19.0. The average Bonchev–Trinajstić information content (AvgIpc) is 2.92. The summed E-state index contributed by atoms with van der Waals surface area (Å²) in [5.41, 5.74) is 7.03. The summed E-state index contributed by atoms with van der Waals surface area (Å²) in [7, 11) is 1.63. The lowest BCUT2D eigenvalue weighted by molar-refractivity contribution is -0.123. The van der Waals surface area contributed by atoms with Crippen LogP contribution in [0.1, 0.15) is 19.3 Å². The van der Waals surface area contributed by atoms with Crippen LogP contribution in [0.25, 0.3) is 11.1 Å². The van der Waals surface area contributed by atoms with E-state index in [1.165, 1.54) is 4.57 Å². The fraction of sp³-hybridized carbons (Fsp3) is 0.500. The zero-order valence-corrected chi connectivity index (χ0v) is 15.4. The third-order valence-corrected chi connectivity index (χ3v) is 4.89. The number of urea groups is 1. The summed E-state index contributed by atoms with van der Waals surface area (Å²) in [6.07, 6.45) is 2.61. The molecule has 1 aliphatic rings. The van der Waals surface area contributed by atoms with Gasteiger partial charge in [0.15, 0.2) is 5.58 Å². The van der Waals surface area contributed by atoms with Crippen molar-refractivity contribution < 1.29 is 14.0 Å². The minimum absolute atomic E-state index is 0.0667. The van der Waals surface area contributed by atoms with Crippen LogP contribution < -0.4 is 22.1 Å². The van der Waals surface area contributed by atoms with Crippen LogP contribution in [0.2, 0.25) is 0 Å². The van der Waals surface area contributed by atoms with Crippen LogP contribution in [-0.2, 0) is 11.8 Å². The second-order valence-corrected chi connectivity index (χ2v) is 6.89. The summed E-state index contributed by atoms with van der Waals surface area (Å²) in [6, 6.07) is 4.74. The average molecular weight is 375 g/mol. The number of piperidine rings is 1. The van der Waals surface area contributed by atoms with Gasteiger partial charge in [0.1, 0.15) is 0 Å². The number of carbonyl (C=O) groups is 2. The fourth-order valence-corrected chi connectivity index (χ4v) is 3.38. The standard InChI is InChI=1S/C18H25N5O4/c1-22-14-6-5-13(10-15(14)27-18(22)26)21-17(25)20-7-3-9-23-8-2-4-12(11-23)16(19)24/h5-6,10,12H,2-4,7-9,11H2,1H3,(H2,19,24)(H2,20,21,25)/t12-/m1/s1. The van der Waals surface area contributed by atoms with Gasteiger partial charge in [-0.05, 0) is 44.5 Å². The maximum Gasteiger partial charge on any atom is 0.419 e. The van der Waals surface area contributed by atoms with E-state index in [1.54, 1.807) is 25.2 Å². The lowest BCUT2D eigenvalue weighted by Gasteiger charge is -2.31. The Morgan fingerprint density at radius 1 is 1.37 bits per heavy atom. The molecule has 0 radical (unpaired) electrons. The molecule has 0 spiro atoms. The number of anilines is 1. The third kappa shape index (κ3) is 4.68. The monoisotopic (exact) mass is 375 g/mol. The van der Waals surface area contributed by atoms with Gasteiger partial charge >= 0.3 is 11.8 Å². The molecule has 1 aromatic carbocycles. The minimum atomic E-state index is -0.442. The van der Waals surface area contributed by atoms with E-state index >= 15 is 0 Å². The van der Waals surface area contributed by atoms with Crippen molar-refractivity contribution in [3.05, 3.63) is 28.7 Å². The summed E-state index contributed by atoms with van der Waals surface area (Å²) in [5, 5.41) is 5.53. The van der Waals surface area contributed by atoms with Gasteiger partial charge in [-0.3, -0.25) is 9.36 Å². The van der Waals surface area contributed by atoms with Crippen molar-refractivity contribution in [1.82, 2.24) is 14.8 Å². The number of fused-ring (bicyclic) bond motifs is 1. The summed E-state index contributed by atoms with van der Waals surface area (Å²) < 4.78 is 6.51. The Balaban J connectivity index is 1.42. The highest BCUT2D eigenvalue weighted by Crippen LogP contribution is 2.18. The number of nitrogens with two attached hydrogens (primary N) is 1.